The van der Waals surface area contributed by atoms with E-state index in [2.05, 4.69) is 0 Å². The van der Waals surface area contributed by atoms with Crippen molar-refractivity contribution in [2.24, 2.45) is 11.7 Å². The first kappa shape index (κ1) is 28.2. The Morgan fingerprint density at radius 2 is 1.84 bits per heavy atom. The van der Waals surface area contributed by atoms with Gasteiger partial charge in [0.15, 0.2) is 5.78 Å². The maximum Gasteiger partial charge on any atom is 0.229 e. The standard InChI is InChI=1S/C25H33NO9S2/c1-11-7-13-8-14(33-2)9-16-18(13)20(29)17(11)15(27)4-6-36-37-10-12(3-5-26)19(28)24-22(31)21(30)23(32)25(34-16)35-24/h7-9,12,19,21-25,28-32H,3-6,10,26H2,1-2H3. The van der Waals surface area contributed by atoms with Gasteiger partial charge >= 0.3 is 0 Å². The molecule has 0 amide bonds. The van der Waals surface area contributed by atoms with Crippen LogP contribution in [0.4, 0.5) is 0 Å². The number of hydrogen-bond acceptors (Lipinski definition) is 12. The zero-order chi connectivity index (χ0) is 26.9. The number of aryl methyl sites for hydroxylation is 1. The number of carbonyl (C=O) groups excluding carboxylic acids is 1. The van der Waals surface area contributed by atoms with Gasteiger partial charge in [0.2, 0.25) is 6.29 Å². The first-order valence-electron chi connectivity index (χ1n) is 12.0. The van der Waals surface area contributed by atoms with E-state index in [1.165, 1.54) is 34.8 Å². The molecule has 7 atom stereocenters. The topological polar surface area (TPSA) is 172 Å². The molecule has 4 bridgehead atoms. The van der Waals surface area contributed by atoms with E-state index in [9.17, 15) is 30.3 Å². The van der Waals surface area contributed by atoms with Crippen LogP contribution in [0.3, 0.4) is 0 Å². The number of aromatic hydroxyl groups is 1. The number of ketones is 1. The Kier molecular flexibility index (Phi) is 9.13. The number of carbonyl (C=O) groups is 1. The molecule has 0 aliphatic carbocycles. The summed E-state index contributed by atoms with van der Waals surface area (Å²) in [6, 6.07) is 4.88. The van der Waals surface area contributed by atoms with Gasteiger partial charge in [-0.1, -0.05) is 27.7 Å². The molecule has 1 fully saturated rings. The highest BCUT2D eigenvalue weighted by atomic mass is 33.1. The van der Waals surface area contributed by atoms with Gasteiger partial charge in [-0.3, -0.25) is 4.79 Å². The molecule has 7 unspecified atom stereocenters. The molecule has 0 saturated carbocycles. The highest BCUT2D eigenvalue weighted by Gasteiger charge is 2.49. The van der Waals surface area contributed by atoms with E-state index in [1.54, 1.807) is 19.1 Å². The SMILES string of the molecule is COc1cc2c3c(O)c(c(C)cc3c1)C(=O)CCSSCC(CCN)C(O)C1OC(O2)C(O)C(O)C1O. The second-order valence-electron chi connectivity index (χ2n) is 9.31. The predicted molar refractivity (Wildman–Crippen MR) is 141 cm³/mol. The van der Waals surface area contributed by atoms with Crippen molar-refractivity contribution < 1.29 is 44.5 Å². The number of rotatable bonds is 3. The summed E-state index contributed by atoms with van der Waals surface area (Å²) in [6.07, 6.45) is -8.33. The molecule has 2 aromatic carbocycles. The van der Waals surface area contributed by atoms with E-state index in [4.69, 9.17) is 19.9 Å². The molecule has 0 radical (unpaired) electrons. The van der Waals surface area contributed by atoms with Gasteiger partial charge < -0.3 is 45.5 Å². The third-order valence-corrected chi connectivity index (χ3v) is 9.36. The maximum atomic E-state index is 13.1. The van der Waals surface area contributed by atoms with E-state index in [0.717, 1.165) is 0 Å². The van der Waals surface area contributed by atoms with Crippen molar-refractivity contribution in [2.45, 2.75) is 56.6 Å². The van der Waals surface area contributed by atoms with Crippen LogP contribution in [-0.4, -0.2) is 93.3 Å². The first-order valence-corrected chi connectivity index (χ1v) is 14.5. The van der Waals surface area contributed by atoms with E-state index in [1.807, 2.05) is 0 Å². The third kappa shape index (κ3) is 5.66. The minimum absolute atomic E-state index is 0.0392. The molecule has 204 valence electrons. The highest BCUT2D eigenvalue weighted by Crippen LogP contribution is 2.43. The van der Waals surface area contributed by atoms with Gasteiger partial charge in [-0.2, -0.15) is 0 Å². The Morgan fingerprint density at radius 3 is 2.54 bits per heavy atom. The lowest BCUT2D eigenvalue weighted by atomic mass is 9.88. The highest BCUT2D eigenvalue weighted by molar-refractivity contribution is 8.76. The number of Topliss-reactive ketones (excluding diaryl/α,β-unsaturated/α-hetero) is 1. The molecule has 0 aromatic heterocycles. The van der Waals surface area contributed by atoms with Crippen molar-refractivity contribution in [2.75, 3.05) is 25.2 Å². The van der Waals surface area contributed by atoms with Gasteiger partial charge in [0, 0.05) is 24.0 Å². The fourth-order valence-corrected chi connectivity index (χ4v) is 7.26. The number of hydrogen-bond donors (Lipinski definition) is 6. The Hall–Kier alpha value is -1.77. The molecule has 37 heavy (non-hydrogen) atoms. The van der Waals surface area contributed by atoms with Crippen molar-refractivity contribution in [3.8, 4) is 17.2 Å². The summed E-state index contributed by atoms with van der Waals surface area (Å²) in [6.45, 7) is 2.02. The summed E-state index contributed by atoms with van der Waals surface area (Å²) in [7, 11) is 4.37. The summed E-state index contributed by atoms with van der Waals surface area (Å²) >= 11 is 0. The van der Waals surface area contributed by atoms with Crippen molar-refractivity contribution in [1.82, 2.24) is 0 Å². The van der Waals surface area contributed by atoms with E-state index >= 15 is 0 Å². The summed E-state index contributed by atoms with van der Waals surface area (Å²) in [5.74, 6) is 0.456. The maximum absolute atomic E-state index is 13.1. The Balaban J connectivity index is 1.85. The molecule has 0 spiro atoms. The van der Waals surface area contributed by atoms with Crippen LogP contribution in [0.15, 0.2) is 18.2 Å². The molecule has 2 aromatic rings. The van der Waals surface area contributed by atoms with Crippen LogP contribution in [0, 0.1) is 12.8 Å². The van der Waals surface area contributed by atoms with Crippen LogP contribution >= 0.6 is 21.6 Å². The second-order valence-corrected chi connectivity index (χ2v) is 11.9. The number of phenols is 1. The zero-order valence-corrected chi connectivity index (χ0v) is 22.2. The van der Waals surface area contributed by atoms with Crippen LogP contribution in [0.25, 0.3) is 10.8 Å². The van der Waals surface area contributed by atoms with E-state index in [-0.39, 0.29) is 41.2 Å². The quantitative estimate of drug-likeness (QED) is 0.301. The lowest BCUT2D eigenvalue weighted by Crippen LogP contribution is -2.63. The average molecular weight is 556 g/mol. The smallest absolute Gasteiger partial charge is 0.229 e. The van der Waals surface area contributed by atoms with Gasteiger partial charge in [0.25, 0.3) is 0 Å². The first-order chi connectivity index (χ1) is 17.7. The molecule has 10 nitrogen and oxygen atoms in total. The Morgan fingerprint density at radius 1 is 1.08 bits per heavy atom. The van der Waals surface area contributed by atoms with Gasteiger partial charge in [-0.05, 0) is 42.8 Å². The van der Waals surface area contributed by atoms with Crippen LogP contribution in [-0.2, 0) is 4.74 Å². The molecule has 7 N–H and O–H groups in total. The molecule has 12 heteroatoms. The van der Waals surface area contributed by atoms with Crippen molar-refractivity contribution in [3.63, 3.8) is 0 Å². The largest absolute Gasteiger partial charge is 0.506 e. The molecular formula is C25H33NO9S2. The molecule has 2 aliphatic heterocycles. The number of aliphatic hydroxyl groups excluding tert-OH is 4. The summed E-state index contributed by atoms with van der Waals surface area (Å²) in [5, 5.41) is 55.1. The molecule has 4 rings (SSSR count). The summed E-state index contributed by atoms with van der Waals surface area (Å²) in [5.41, 5.74) is 6.52. The van der Waals surface area contributed by atoms with E-state index < -0.39 is 42.7 Å². The Bertz CT molecular complexity index is 1130. The van der Waals surface area contributed by atoms with E-state index in [0.29, 0.717) is 34.6 Å². The lowest BCUT2D eigenvalue weighted by Gasteiger charge is -2.43. The number of benzene rings is 2. The van der Waals surface area contributed by atoms with Gasteiger partial charge in [0.05, 0.1) is 24.2 Å². The number of phenolic OH excluding ortho intramolecular Hbond substituents is 1. The van der Waals surface area contributed by atoms with Crippen LogP contribution in [0.1, 0.15) is 28.8 Å². The molecule has 2 heterocycles. The number of ether oxygens (including phenoxy) is 3. The van der Waals surface area contributed by atoms with Gasteiger partial charge in [-0.25, -0.2) is 0 Å². The van der Waals surface area contributed by atoms with Crippen molar-refractivity contribution >= 4 is 38.1 Å². The second kappa shape index (κ2) is 12.0. The number of methoxy groups -OCH3 is 1. The van der Waals surface area contributed by atoms with Crippen molar-refractivity contribution in [1.29, 1.82) is 0 Å². The fourth-order valence-electron chi connectivity index (χ4n) is 4.83. The minimum Gasteiger partial charge on any atom is -0.506 e. The fraction of sp³-hybridized carbons (Fsp3) is 0.560. The summed E-state index contributed by atoms with van der Waals surface area (Å²) in [4.78, 5) is 13.1. The number of fused-ring (bicyclic) bond motifs is 3. The van der Waals surface area contributed by atoms with Crippen LogP contribution in [0.2, 0.25) is 0 Å². The zero-order valence-electron chi connectivity index (χ0n) is 20.6. The lowest BCUT2D eigenvalue weighted by molar-refractivity contribution is -0.291. The average Bonchev–Trinajstić information content (AvgIpc) is 2.86. The minimum atomic E-state index is -1.68. The van der Waals surface area contributed by atoms with Gasteiger partial charge in [0.1, 0.15) is 41.7 Å². The molecule has 2 aliphatic rings. The molecular weight excluding hydrogens is 522 g/mol. The van der Waals surface area contributed by atoms with Crippen molar-refractivity contribution in [3.05, 3.63) is 29.3 Å². The normalized spacial score (nSPS) is 31.3. The Labute approximate surface area is 222 Å². The van der Waals surface area contributed by atoms with Crippen LogP contribution < -0.4 is 15.2 Å². The summed E-state index contributed by atoms with van der Waals surface area (Å²) < 4.78 is 17.2. The monoisotopic (exact) mass is 555 g/mol. The third-order valence-electron chi connectivity index (χ3n) is 6.85. The number of nitrogens with two attached hydrogens (primary N) is 1. The van der Waals surface area contributed by atoms with Crippen LogP contribution in [0.5, 0.6) is 17.2 Å². The number of aliphatic hydroxyl groups is 4. The molecule has 1 saturated heterocycles. The predicted octanol–water partition coefficient (Wildman–Crippen LogP) is 1.34. The van der Waals surface area contributed by atoms with Gasteiger partial charge in [-0.15, -0.1) is 0 Å².